The summed E-state index contributed by atoms with van der Waals surface area (Å²) in [7, 11) is 0. The molecule has 0 spiro atoms. The van der Waals surface area contributed by atoms with Crippen molar-refractivity contribution in [1.82, 2.24) is 0 Å². The van der Waals surface area contributed by atoms with E-state index in [1.54, 1.807) is 18.2 Å². The first-order chi connectivity index (χ1) is 10.6. The second-order valence-corrected chi connectivity index (χ2v) is 4.83. The predicted molar refractivity (Wildman–Crippen MR) is 75.3 cm³/mol. The van der Waals surface area contributed by atoms with Crippen molar-refractivity contribution < 1.29 is 29.2 Å². The molecule has 2 aromatic carbocycles. The lowest BCUT2D eigenvalue weighted by atomic mass is 10.1. The van der Waals surface area contributed by atoms with E-state index in [1.807, 2.05) is 0 Å². The molecule has 0 aromatic heterocycles. The normalized spacial score (nSPS) is 16.7. The van der Waals surface area contributed by atoms with E-state index in [2.05, 4.69) is 0 Å². The second-order valence-electron chi connectivity index (χ2n) is 4.83. The van der Waals surface area contributed by atoms with E-state index in [9.17, 15) is 15.0 Å². The number of ketones is 1. The van der Waals surface area contributed by atoms with Crippen molar-refractivity contribution in [2.45, 2.75) is 0 Å². The van der Waals surface area contributed by atoms with Gasteiger partial charge in [0.1, 0.15) is 0 Å². The lowest BCUT2D eigenvalue weighted by Gasteiger charge is -2.03. The first-order valence-corrected chi connectivity index (χ1v) is 6.53. The molecule has 4 rings (SSSR count). The Morgan fingerprint density at radius 2 is 1.91 bits per heavy atom. The summed E-state index contributed by atoms with van der Waals surface area (Å²) in [5.74, 6) is -0.0351. The van der Waals surface area contributed by atoms with Gasteiger partial charge >= 0.3 is 0 Å². The van der Waals surface area contributed by atoms with Crippen LogP contribution < -0.4 is 14.2 Å². The maximum Gasteiger partial charge on any atom is 0.232 e. The van der Waals surface area contributed by atoms with E-state index < -0.39 is 5.75 Å². The van der Waals surface area contributed by atoms with Crippen molar-refractivity contribution in [3.05, 3.63) is 47.2 Å². The number of aromatic hydroxyl groups is 2. The number of benzene rings is 2. The molecule has 0 aliphatic carbocycles. The monoisotopic (exact) mass is 298 g/mol. The van der Waals surface area contributed by atoms with E-state index in [-0.39, 0.29) is 35.4 Å². The van der Waals surface area contributed by atoms with Gasteiger partial charge in [0.05, 0.1) is 5.56 Å². The molecule has 22 heavy (non-hydrogen) atoms. The third kappa shape index (κ3) is 1.70. The summed E-state index contributed by atoms with van der Waals surface area (Å²) in [5, 5.41) is 19.3. The number of allylic oxidation sites excluding steroid dienone is 1. The number of Topliss-reactive ketones (excluding diaryl/α,β-unsaturated/α-hetero) is 1. The number of fused-ring (bicyclic) bond motifs is 2. The zero-order valence-electron chi connectivity index (χ0n) is 11.2. The Morgan fingerprint density at radius 3 is 2.77 bits per heavy atom. The minimum absolute atomic E-state index is 0.0407. The summed E-state index contributed by atoms with van der Waals surface area (Å²) in [4.78, 5) is 12.3. The van der Waals surface area contributed by atoms with Crippen LogP contribution in [-0.2, 0) is 0 Å². The van der Waals surface area contributed by atoms with E-state index >= 15 is 0 Å². The van der Waals surface area contributed by atoms with Crippen LogP contribution >= 0.6 is 0 Å². The average molecular weight is 298 g/mol. The summed E-state index contributed by atoms with van der Waals surface area (Å²) < 4.78 is 16.0. The summed E-state index contributed by atoms with van der Waals surface area (Å²) in [6, 6.07) is 7.95. The number of phenols is 2. The first-order valence-electron chi connectivity index (χ1n) is 6.53. The molecule has 2 N–H and O–H groups in total. The molecule has 0 unspecified atom stereocenters. The highest BCUT2D eigenvalue weighted by Crippen LogP contribution is 2.45. The maximum atomic E-state index is 12.3. The molecule has 0 atom stereocenters. The summed E-state index contributed by atoms with van der Waals surface area (Å²) in [5.41, 5.74) is 0.834. The fourth-order valence-electron chi connectivity index (χ4n) is 2.43. The fourth-order valence-corrected chi connectivity index (χ4v) is 2.43. The minimum Gasteiger partial charge on any atom is -0.504 e. The highest BCUT2D eigenvalue weighted by atomic mass is 16.7. The number of ether oxygens (including phenoxy) is 3. The molecule has 0 saturated heterocycles. The maximum absolute atomic E-state index is 12.3. The number of rotatable bonds is 1. The van der Waals surface area contributed by atoms with Gasteiger partial charge in [0, 0.05) is 5.56 Å². The van der Waals surface area contributed by atoms with Crippen LogP contribution in [0.4, 0.5) is 0 Å². The minimum atomic E-state index is -0.452. The number of carbonyl (C=O) groups is 1. The predicted octanol–water partition coefficient (Wildman–Crippen LogP) is 2.44. The van der Waals surface area contributed by atoms with Gasteiger partial charge in [0.2, 0.25) is 18.3 Å². The third-order valence-electron chi connectivity index (χ3n) is 3.50. The van der Waals surface area contributed by atoms with Gasteiger partial charge in [-0.25, -0.2) is 0 Å². The molecule has 0 bridgehead atoms. The molecule has 6 heteroatoms. The van der Waals surface area contributed by atoms with Gasteiger partial charge in [-0.2, -0.15) is 0 Å². The molecule has 2 aromatic rings. The Balaban J connectivity index is 1.78. The fraction of sp³-hybridized carbons (Fsp3) is 0.0625. The van der Waals surface area contributed by atoms with Gasteiger partial charge in [-0.15, -0.1) is 0 Å². The molecule has 110 valence electrons. The molecule has 2 aliphatic rings. The van der Waals surface area contributed by atoms with Crippen molar-refractivity contribution in [2.24, 2.45) is 0 Å². The smallest absolute Gasteiger partial charge is 0.232 e. The second kappa shape index (κ2) is 4.42. The van der Waals surface area contributed by atoms with Gasteiger partial charge in [0.15, 0.2) is 28.8 Å². The molecule has 0 radical (unpaired) electrons. The van der Waals surface area contributed by atoms with E-state index in [1.165, 1.54) is 18.2 Å². The van der Waals surface area contributed by atoms with Gasteiger partial charge in [0.25, 0.3) is 0 Å². The van der Waals surface area contributed by atoms with Crippen LogP contribution in [0.2, 0.25) is 0 Å². The van der Waals surface area contributed by atoms with Gasteiger partial charge < -0.3 is 24.4 Å². The highest BCUT2D eigenvalue weighted by molar-refractivity contribution is 6.15. The molecular weight excluding hydrogens is 288 g/mol. The molecule has 2 aliphatic heterocycles. The van der Waals surface area contributed by atoms with Crippen LogP contribution in [0.1, 0.15) is 15.9 Å². The van der Waals surface area contributed by atoms with Crippen molar-refractivity contribution >= 4 is 11.9 Å². The Morgan fingerprint density at radius 1 is 1.05 bits per heavy atom. The highest BCUT2D eigenvalue weighted by Gasteiger charge is 2.31. The van der Waals surface area contributed by atoms with Crippen molar-refractivity contribution in [3.63, 3.8) is 0 Å². The number of hydrogen-bond donors (Lipinski definition) is 2. The number of para-hydroxylation sites is 1. The average Bonchev–Trinajstić information content (AvgIpc) is 3.10. The molecule has 0 fully saturated rings. The van der Waals surface area contributed by atoms with Crippen LogP contribution in [0.3, 0.4) is 0 Å². The SMILES string of the molecule is O=C1C(=Cc2cccc3c2OCO3)Oc2c1ccc(O)c2O. The number of phenolic OH excluding ortho intramolecular Hbond substituents is 2. The summed E-state index contributed by atoms with van der Waals surface area (Å²) in [6.45, 7) is 0.124. The van der Waals surface area contributed by atoms with Crippen molar-refractivity contribution in [3.8, 4) is 28.7 Å². The molecular formula is C16H10O6. The van der Waals surface area contributed by atoms with Crippen LogP contribution in [0.25, 0.3) is 6.08 Å². The lowest BCUT2D eigenvalue weighted by Crippen LogP contribution is -1.98. The Kier molecular flexibility index (Phi) is 2.53. The van der Waals surface area contributed by atoms with Gasteiger partial charge in [-0.05, 0) is 24.3 Å². The third-order valence-corrected chi connectivity index (χ3v) is 3.50. The Labute approximate surface area is 124 Å². The van der Waals surface area contributed by atoms with E-state index in [0.29, 0.717) is 17.1 Å². The molecule has 2 heterocycles. The molecule has 6 nitrogen and oxygen atoms in total. The van der Waals surface area contributed by atoms with Crippen LogP contribution in [0.5, 0.6) is 28.7 Å². The molecule has 0 saturated carbocycles. The summed E-state index contributed by atoms with van der Waals surface area (Å²) in [6.07, 6.45) is 1.52. The van der Waals surface area contributed by atoms with Crippen LogP contribution in [-0.4, -0.2) is 22.8 Å². The topological polar surface area (TPSA) is 85.2 Å². The number of hydrogen-bond acceptors (Lipinski definition) is 6. The molecule has 0 amide bonds. The zero-order chi connectivity index (χ0) is 15.3. The van der Waals surface area contributed by atoms with Gasteiger partial charge in [-0.1, -0.05) is 12.1 Å². The Hall–Kier alpha value is -3.15. The van der Waals surface area contributed by atoms with Crippen molar-refractivity contribution in [2.75, 3.05) is 6.79 Å². The number of carbonyl (C=O) groups excluding carboxylic acids is 1. The van der Waals surface area contributed by atoms with E-state index in [0.717, 1.165) is 0 Å². The van der Waals surface area contributed by atoms with Gasteiger partial charge in [-0.3, -0.25) is 4.79 Å². The van der Waals surface area contributed by atoms with Crippen molar-refractivity contribution in [1.29, 1.82) is 0 Å². The zero-order valence-corrected chi connectivity index (χ0v) is 11.2. The van der Waals surface area contributed by atoms with E-state index in [4.69, 9.17) is 14.2 Å². The first kappa shape index (κ1) is 12.6. The quantitative estimate of drug-likeness (QED) is 0.621. The van der Waals surface area contributed by atoms with Crippen LogP contribution in [0, 0.1) is 0 Å². The lowest BCUT2D eigenvalue weighted by molar-refractivity contribution is 0.101. The largest absolute Gasteiger partial charge is 0.504 e. The summed E-state index contributed by atoms with van der Waals surface area (Å²) >= 11 is 0. The standard InChI is InChI=1S/C16H10O6/c17-10-5-4-9-13(18)12(22-16(9)14(10)19)6-8-2-1-3-11-15(8)21-7-20-11/h1-6,17,19H,7H2. The van der Waals surface area contributed by atoms with Crippen LogP contribution in [0.15, 0.2) is 36.1 Å². The Bertz CT molecular complexity index is 837.